The van der Waals surface area contributed by atoms with Crippen molar-refractivity contribution in [3.05, 3.63) is 90.0 Å². The fraction of sp³-hybridized carbons (Fsp3) is 0.0909. The number of rotatable bonds is 4. The Labute approximate surface area is 161 Å². The Balaban J connectivity index is 1.70. The topological polar surface area (TPSA) is 63.6 Å². The molecule has 0 aliphatic carbocycles. The van der Waals surface area contributed by atoms with Crippen LogP contribution in [-0.4, -0.2) is 22.6 Å². The average molecular weight is 374 g/mol. The lowest BCUT2D eigenvalue weighted by Gasteiger charge is -2.18. The summed E-state index contributed by atoms with van der Waals surface area (Å²) in [4.78, 5) is 14.3. The SMILES string of the molecule is CN(C(=O)c1ccc(F)cc1)c1ccn2ncc(-c3ccc(CN)cc3)c2c1. The molecule has 6 heteroatoms. The molecule has 1 amide bonds. The first-order chi connectivity index (χ1) is 13.6. The molecule has 140 valence electrons. The van der Waals surface area contributed by atoms with Gasteiger partial charge in [0.1, 0.15) is 5.82 Å². The fourth-order valence-corrected chi connectivity index (χ4v) is 3.12. The van der Waals surface area contributed by atoms with Gasteiger partial charge < -0.3 is 10.6 Å². The highest BCUT2D eigenvalue weighted by atomic mass is 19.1. The number of anilines is 1. The maximum absolute atomic E-state index is 13.1. The zero-order valence-electron chi connectivity index (χ0n) is 15.3. The van der Waals surface area contributed by atoms with Gasteiger partial charge in [0.25, 0.3) is 5.91 Å². The number of hydrogen-bond donors (Lipinski definition) is 1. The second kappa shape index (κ2) is 7.25. The average Bonchev–Trinajstić information content (AvgIpc) is 3.16. The molecule has 0 saturated heterocycles. The molecule has 5 nitrogen and oxygen atoms in total. The lowest BCUT2D eigenvalue weighted by atomic mass is 10.1. The molecule has 0 spiro atoms. The summed E-state index contributed by atoms with van der Waals surface area (Å²) in [5.74, 6) is -0.581. The lowest BCUT2D eigenvalue weighted by Crippen LogP contribution is -2.26. The molecule has 2 aromatic carbocycles. The van der Waals surface area contributed by atoms with Crippen molar-refractivity contribution in [2.24, 2.45) is 5.73 Å². The van der Waals surface area contributed by atoms with Crippen molar-refractivity contribution >= 4 is 17.1 Å². The third-order valence-corrected chi connectivity index (χ3v) is 4.79. The van der Waals surface area contributed by atoms with Gasteiger partial charge in [-0.25, -0.2) is 8.91 Å². The summed E-state index contributed by atoms with van der Waals surface area (Å²) < 4.78 is 14.9. The quantitative estimate of drug-likeness (QED) is 0.590. The van der Waals surface area contributed by atoms with E-state index in [4.69, 9.17) is 5.73 Å². The minimum Gasteiger partial charge on any atom is -0.326 e. The molecule has 0 fully saturated rings. The molecule has 0 bridgehead atoms. The monoisotopic (exact) mass is 374 g/mol. The highest BCUT2D eigenvalue weighted by molar-refractivity contribution is 6.06. The third kappa shape index (κ3) is 3.25. The van der Waals surface area contributed by atoms with Crippen LogP contribution in [0.4, 0.5) is 10.1 Å². The number of nitrogens with two attached hydrogens (primary N) is 1. The summed E-state index contributed by atoms with van der Waals surface area (Å²) in [6.07, 6.45) is 3.62. The van der Waals surface area contributed by atoms with Gasteiger partial charge in [-0.15, -0.1) is 0 Å². The normalized spacial score (nSPS) is 11.0. The van der Waals surface area contributed by atoms with Crippen LogP contribution < -0.4 is 10.6 Å². The van der Waals surface area contributed by atoms with Crippen molar-refractivity contribution < 1.29 is 9.18 Å². The van der Waals surface area contributed by atoms with E-state index >= 15 is 0 Å². The zero-order chi connectivity index (χ0) is 19.7. The van der Waals surface area contributed by atoms with E-state index in [1.165, 1.54) is 24.3 Å². The van der Waals surface area contributed by atoms with Crippen molar-refractivity contribution in [3.63, 3.8) is 0 Å². The van der Waals surface area contributed by atoms with Gasteiger partial charge in [-0.05, 0) is 47.5 Å². The van der Waals surface area contributed by atoms with Crippen LogP contribution in [0.5, 0.6) is 0 Å². The third-order valence-electron chi connectivity index (χ3n) is 4.79. The second-order valence-electron chi connectivity index (χ2n) is 6.55. The van der Waals surface area contributed by atoms with E-state index in [1.54, 1.807) is 22.7 Å². The van der Waals surface area contributed by atoms with Gasteiger partial charge >= 0.3 is 0 Å². The summed E-state index contributed by atoms with van der Waals surface area (Å²) >= 11 is 0. The smallest absolute Gasteiger partial charge is 0.258 e. The van der Waals surface area contributed by atoms with Crippen molar-refractivity contribution in [2.45, 2.75) is 6.54 Å². The first-order valence-corrected chi connectivity index (χ1v) is 8.87. The Morgan fingerprint density at radius 2 is 1.82 bits per heavy atom. The Morgan fingerprint density at radius 1 is 1.11 bits per heavy atom. The lowest BCUT2D eigenvalue weighted by molar-refractivity contribution is 0.0993. The molecule has 0 unspecified atom stereocenters. The van der Waals surface area contributed by atoms with Gasteiger partial charge in [0.15, 0.2) is 0 Å². The summed E-state index contributed by atoms with van der Waals surface area (Å²) in [7, 11) is 1.70. The maximum Gasteiger partial charge on any atom is 0.258 e. The number of aromatic nitrogens is 2. The van der Waals surface area contributed by atoms with Crippen LogP contribution in [0.25, 0.3) is 16.6 Å². The van der Waals surface area contributed by atoms with Crippen LogP contribution in [0.2, 0.25) is 0 Å². The standard InChI is InChI=1S/C22H19FN4O/c1-26(22(28)17-6-8-18(23)9-7-17)19-10-11-27-21(12-19)20(14-25-27)16-4-2-15(13-24)3-5-16/h2-12,14H,13,24H2,1H3. The van der Waals surface area contributed by atoms with E-state index < -0.39 is 0 Å². The maximum atomic E-state index is 13.1. The van der Waals surface area contributed by atoms with Gasteiger partial charge in [-0.3, -0.25) is 4.79 Å². The first kappa shape index (κ1) is 17.9. The van der Waals surface area contributed by atoms with Crippen LogP contribution >= 0.6 is 0 Å². The number of carbonyl (C=O) groups excluding carboxylic acids is 1. The van der Waals surface area contributed by atoms with Crippen molar-refractivity contribution in [2.75, 3.05) is 11.9 Å². The Morgan fingerprint density at radius 3 is 2.50 bits per heavy atom. The summed E-state index contributed by atoms with van der Waals surface area (Å²) in [5, 5.41) is 4.40. The fourth-order valence-electron chi connectivity index (χ4n) is 3.12. The highest BCUT2D eigenvalue weighted by Crippen LogP contribution is 2.28. The van der Waals surface area contributed by atoms with Crippen LogP contribution in [0.1, 0.15) is 15.9 Å². The second-order valence-corrected chi connectivity index (χ2v) is 6.55. The predicted molar refractivity (Wildman–Crippen MR) is 108 cm³/mol. The number of halogens is 1. The van der Waals surface area contributed by atoms with Crippen molar-refractivity contribution in [1.82, 2.24) is 9.61 Å². The van der Waals surface area contributed by atoms with E-state index in [1.807, 2.05) is 42.6 Å². The van der Waals surface area contributed by atoms with E-state index in [9.17, 15) is 9.18 Å². The van der Waals surface area contributed by atoms with Gasteiger partial charge in [0.05, 0.1) is 11.7 Å². The number of hydrogen-bond acceptors (Lipinski definition) is 3. The number of amides is 1. The van der Waals surface area contributed by atoms with Crippen LogP contribution in [-0.2, 0) is 6.54 Å². The highest BCUT2D eigenvalue weighted by Gasteiger charge is 2.15. The molecule has 2 N–H and O–H groups in total. The molecule has 0 atom stereocenters. The molecular weight excluding hydrogens is 355 g/mol. The summed E-state index contributed by atoms with van der Waals surface area (Å²) in [5.41, 5.74) is 10.8. The largest absolute Gasteiger partial charge is 0.326 e. The van der Waals surface area contributed by atoms with Crippen LogP contribution in [0.15, 0.2) is 73.1 Å². The van der Waals surface area contributed by atoms with Gasteiger partial charge in [-0.1, -0.05) is 24.3 Å². The predicted octanol–water partition coefficient (Wildman–Crippen LogP) is 3.88. The molecule has 2 aromatic heterocycles. The van der Waals surface area contributed by atoms with E-state index in [-0.39, 0.29) is 11.7 Å². The molecule has 0 radical (unpaired) electrons. The van der Waals surface area contributed by atoms with Gasteiger partial charge in [0.2, 0.25) is 0 Å². The minimum atomic E-state index is -0.370. The number of carbonyl (C=O) groups is 1. The van der Waals surface area contributed by atoms with Crippen LogP contribution in [0, 0.1) is 5.82 Å². The molecule has 2 heterocycles. The Bertz CT molecular complexity index is 1130. The molecule has 4 rings (SSSR count). The van der Waals surface area contributed by atoms with Crippen molar-refractivity contribution in [1.29, 1.82) is 0 Å². The van der Waals surface area contributed by atoms with E-state index in [2.05, 4.69) is 5.10 Å². The number of pyridine rings is 1. The molecular formula is C22H19FN4O. The molecule has 4 aromatic rings. The number of fused-ring (bicyclic) bond motifs is 1. The summed E-state index contributed by atoms with van der Waals surface area (Å²) in [6.45, 7) is 0.496. The first-order valence-electron chi connectivity index (χ1n) is 8.87. The van der Waals surface area contributed by atoms with Crippen LogP contribution in [0.3, 0.4) is 0 Å². The Kier molecular flexibility index (Phi) is 4.63. The minimum absolute atomic E-state index is 0.210. The summed E-state index contributed by atoms with van der Waals surface area (Å²) in [6, 6.07) is 17.3. The van der Waals surface area contributed by atoms with Gasteiger partial charge in [-0.2, -0.15) is 5.10 Å². The van der Waals surface area contributed by atoms with E-state index in [0.29, 0.717) is 12.1 Å². The number of benzene rings is 2. The Hall–Kier alpha value is -3.51. The number of nitrogens with zero attached hydrogens (tertiary/aromatic N) is 3. The molecule has 28 heavy (non-hydrogen) atoms. The molecule has 0 aliphatic rings. The van der Waals surface area contributed by atoms with E-state index in [0.717, 1.165) is 27.9 Å². The van der Waals surface area contributed by atoms with Crippen molar-refractivity contribution in [3.8, 4) is 11.1 Å². The zero-order valence-corrected chi connectivity index (χ0v) is 15.3. The molecule has 0 aliphatic heterocycles. The van der Waals surface area contributed by atoms with Gasteiger partial charge in [0, 0.05) is 36.6 Å². The molecule has 0 saturated carbocycles.